The lowest BCUT2D eigenvalue weighted by Crippen LogP contribution is -2.51. The third kappa shape index (κ3) is 4.77. The van der Waals surface area contributed by atoms with E-state index in [1.54, 1.807) is 29.2 Å². The quantitative estimate of drug-likeness (QED) is 0.804. The number of carbonyl (C=O) groups is 3. The van der Waals surface area contributed by atoms with Crippen molar-refractivity contribution in [2.24, 2.45) is 0 Å². The lowest BCUT2D eigenvalue weighted by atomic mass is 10.0. The van der Waals surface area contributed by atoms with Crippen molar-refractivity contribution >= 4 is 23.4 Å². The molecule has 2 aliphatic rings. The van der Waals surface area contributed by atoms with Crippen LogP contribution in [0.25, 0.3) is 0 Å². The number of benzene rings is 2. The van der Waals surface area contributed by atoms with E-state index in [4.69, 9.17) is 0 Å². The summed E-state index contributed by atoms with van der Waals surface area (Å²) >= 11 is 0. The molecule has 1 unspecified atom stereocenters. The maximum atomic E-state index is 12.9. The minimum absolute atomic E-state index is 0.0263. The van der Waals surface area contributed by atoms with Crippen LogP contribution in [-0.2, 0) is 9.59 Å². The fourth-order valence-corrected chi connectivity index (χ4v) is 4.25. The molecule has 2 aromatic rings. The summed E-state index contributed by atoms with van der Waals surface area (Å²) in [5, 5.41) is 2.75. The average molecular weight is 421 g/mol. The van der Waals surface area contributed by atoms with Crippen LogP contribution in [0.5, 0.6) is 0 Å². The van der Waals surface area contributed by atoms with E-state index in [1.165, 1.54) is 0 Å². The maximum absolute atomic E-state index is 12.9. The smallest absolute Gasteiger partial charge is 0.251 e. The van der Waals surface area contributed by atoms with Crippen molar-refractivity contribution in [1.29, 1.82) is 0 Å². The van der Waals surface area contributed by atoms with Gasteiger partial charge in [0.2, 0.25) is 11.8 Å². The van der Waals surface area contributed by atoms with Crippen LogP contribution >= 0.6 is 0 Å². The molecular formula is C24H28N4O3. The predicted octanol–water partition coefficient (Wildman–Crippen LogP) is 2.06. The van der Waals surface area contributed by atoms with Crippen molar-refractivity contribution in [3.8, 4) is 0 Å². The second kappa shape index (κ2) is 9.31. The highest BCUT2D eigenvalue weighted by molar-refractivity contribution is 5.98. The first-order valence-corrected chi connectivity index (χ1v) is 10.7. The van der Waals surface area contributed by atoms with Crippen LogP contribution in [0.3, 0.4) is 0 Å². The standard InChI is InChI=1S/C24H28N4O3/c1-26-14-15-28(21(17-26)18-6-3-2-4-7-18)23(30)16-25-24(31)19-9-11-20(12-10-19)27-13-5-8-22(27)29/h2-4,6-7,9-12,21H,5,8,13-17H2,1H3,(H,25,31). The summed E-state index contributed by atoms with van der Waals surface area (Å²) < 4.78 is 0. The van der Waals surface area contributed by atoms with Gasteiger partial charge in [0, 0.05) is 43.9 Å². The van der Waals surface area contributed by atoms with Gasteiger partial charge in [0.15, 0.2) is 0 Å². The van der Waals surface area contributed by atoms with Crippen LogP contribution in [-0.4, -0.2) is 67.3 Å². The van der Waals surface area contributed by atoms with E-state index in [0.29, 0.717) is 25.1 Å². The molecule has 0 bridgehead atoms. The van der Waals surface area contributed by atoms with Crippen LogP contribution in [0.4, 0.5) is 5.69 Å². The van der Waals surface area contributed by atoms with E-state index in [0.717, 1.165) is 30.8 Å². The Hall–Kier alpha value is -3.19. The normalized spacial score (nSPS) is 19.5. The molecular weight excluding hydrogens is 392 g/mol. The van der Waals surface area contributed by atoms with Gasteiger partial charge in [-0.2, -0.15) is 0 Å². The fourth-order valence-electron chi connectivity index (χ4n) is 4.25. The summed E-state index contributed by atoms with van der Waals surface area (Å²) in [5.41, 5.74) is 2.38. The van der Waals surface area contributed by atoms with Gasteiger partial charge in [0.05, 0.1) is 12.6 Å². The van der Waals surface area contributed by atoms with Crippen molar-refractivity contribution in [1.82, 2.24) is 15.1 Å². The molecule has 0 aliphatic carbocycles. The number of nitrogens with zero attached hydrogens (tertiary/aromatic N) is 3. The van der Waals surface area contributed by atoms with Crippen molar-refractivity contribution in [3.05, 3.63) is 65.7 Å². The first-order chi connectivity index (χ1) is 15.0. The number of piperazine rings is 1. The molecule has 0 spiro atoms. The first-order valence-electron chi connectivity index (χ1n) is 10.7. The molecule has 2 aromatic carbocycles. The number of hydrogen-bond donors (Lipinski definition) is 1. The van der Waals surface area contributed by atoms with E-state index in [2.05, 4.69) is 17.3 Å². The zero-order valence-electron chi connectivity index (χ0n) is 17.8. The van der Waals surface area contributed by atoms with Gasteiger partial charge in [-0.25, -0.2) is 0 Å². The average Bonchev–Trinajstić information content (AvgIpc) is 3.23. The van der Waals surface area contributed by atoms with Gasteiger partial charge < -0.3 is 20.0 Å². The summed E-state index contributed by atoms with van der Waals surface area (Å²) in [6, 6.07) is 16.9. The largest absolute Gasteiger partial charge is 0.343 e. The van der Waals surface area contributed by atoms with Crippen LogP contribution in [0.15, 0.2) is 54.6 Å². The molecule has 0 radical (unpaired) electrons. The SMILES string of the molecule is CN1CCN(C(=O)CNC(=O)c2ccc(N3CCCC3=O)cc2)C(c2ccccc2)C1. The fraction of sp³-hybridized carbons (Fsp3) is 0.375. The zero-order chi connectivity index (χ0) is 21.8. The summed E-state index contributed by atoms with van der Waals surface area (Å²) in [7, 11) is 2.05. The predicted molar refractivity (Wildman–Crippen MR) is 119 cm³/mol. The molecule has 0 aromatic heterocycles. The van der Waals surface area contributed by atoms with Gasteiger partial charge in [-0.15, -0.1) is 0 Å². The van der Waals surface area contributed by atoms with E-state index >= 15 is 0 Å². The summed E-state index contributed by atoms with van der Waals surface area (Å²) in [5.74, 6) is -0.268. The van der Waals surface area contributed by atoms with E-state index < -0.39 is 0 Å². The van der Waals surface area contributed by atoms with Gasteiger partial charge in [-0.1, -0.05) is 30.3 Å². The second-order valence-electron chi connectivity index (χ2n) is 8.15. The Kier molecular flexibility index (Phi) is 6.32. The number of carbonyl (C=O) groups excluding carboxylic acids is 3. The molecule has 2 fully saturated rings. The Morgan fingerprint density at radius 2 is 1.74 bits per heavy atom. The number of nitrogens with one attached hydrogen (secondary N) is 1. The number of likely N-dealkylation sites (N-methyl/N-ethyl adjacent to an activating group) is 1. The molecule has 0 saturated carbocycles. The molecule has 1 N–H and O–H groups in total. The van der Waals surface area contributed by atoms with E-state index in [-0.39, 0.29) is 30.3 Å². The van der Waals surface area contributed by atoms with Crippen LogP contribution in [0.2, 0.25) is 0 Å². The molecule has 2 aliphatic heterocycles. The zero-order valence-corrected chi connectivity index (χ0v) is 17.8. The Labute approximate surface area is 182 Å². The molecule has 1 atom stereocenters. The molecule has 7 heteroatoms. The van der Waals surface area contributed by atoms with Crippen molar-refractivity contribution in [2.75, 3.05) is 44.7 Å². The highest BCUT2D eigenvalue weighted by Gasteiger charge is 2.30. The molecule has 7 nitrogen and oxygen atoms in total. The molecule has 2 heterocycles. The summed E-state index contributed by atoms with van der Waals surface area (Å²) in [6.45, 7) is 2.87. The molecule has 4 rings (SSSR count). The molecule has 31 heavy (non-hydrogen) atoms. The number of hydrogen-bond acceptors (Lipinski definition) is 4. The highest BCUT2D eigenvalue weighted by atomic mass is 16.2. The summed E-state index contributed by atoms with van der Waals surface area (Å²) in [4.78, 5) is 43.2. The topological polar surface area (TPSA) is 73.0 Å². The molecule has 2 saturated heterocycles. The second-order valence-corrected chi connectivity index (χ2v) is 8.15. The van der Waals surface area contributed by atoms with Crippen molar-refractivity contribution < 1.29 is 14.4 Å². The summed E-state index contributed by atoms with van der Waals surface area (Å²) in [6.07, 6.45) is 1.43. The van der Waals surface area contributed by atoms with Crippen LogP contribution in [0, 0.1) is 0 Å². The molecule has 3 amide bonds. The Balaban J connectivity index is 1.37. The Morgan fingerprint density at radius 3 is 2.42 bits per heavy atom. The van der Waals surface area contributed by atoms with Gasteiger partial charge in [0.1, 0.15) is 0 Å². The monoisotopic (exact) mass is 420 g/mol. The van der Waals surface area contributed by atoms with Crippen LogP contribution in [0.1, 0.15) is 34.8 Å². The van der Waals surface area contributed by atoms with Gasteiger partial charge in [-0.05, 0) is 43.3 Å². The number of amides is 3. The first kappa shape index (κ1) is 21.1. The number of rotatable bonds is 5. The third-order valence-corrected chi connectivity index (χ3v) is 6.00. The van der Waals surface area contributed by atoms with Crippen LogP contribution < -0.4 is 10.2 Å². The maximum Gasteiger partial charge on any atom is 0.251 e. The van der Waals surface area contributed by atoms with Gasteiger partial charge in [0.25, 0.3) is 5.91 Å². The Morgan fingerprint density at radius 1 is 1.00 bits per heavy atom. The minimum Gasteiger partial charge on any atom is -0.343 e. The molecule has 162 valence electrons. The minimum atomic E-state index is -0.293. The van der Waals surface area contributed by atoms with Crippen molar-refractivity contribution in [3.63, 3.8) is 0 Å². The lowest BCUT2D eigenvalue weighted by molar-refractivity contribution is -0.135. The van der Waals surface area contributed by atoms with Gasteiger partial charge >= 0.3 is 0 Å². The van der Waals surface area contributed by atoms with E-state index in [1.807, 2.05) is 35.2 Å². The Bertz CT molecular complexity index is 945. The van der Waals surface area contributed by atoms with Crippen molar-refractivity contribution in [2.45, 2.75) is 18.9 Å². The highest BCUT2D eigenvalue weighted by Crippen LogP contribution is 2.25. The number of anilines is 1. The van der Waals surface area contributed by atoms with Gasteiger partial charge in [-0.3, -0.25) is 14.4 Å². The van der Waals surface area contributed by atoms with E-state index in [9.17, 15) is 14.4 Å². The lowest BCUT2D eigenvalue weighted by Gasteiger charge is -2.40. The third-order valence-electron chi connectivity index (χ3n) is 6.00.